The number of carbonyl (C=O) groups is 2. The summed E-state index contributed by atoms with van der Waals surface area (Å²) in [7, 11) is -3.77. The fourth-order valence-corrected chi connectivity index (χ4v) is 3.37. The fourth-order valence-electron chi connectivity index (χ4n) is 2.33. The molecule has 0 fully saturated rings. The molecule has 2 N–H and O–H groups in total. The van der Waals surface area contributed by atoms with Gasteiger partial charge in [-0.05, 0) is 49.2 Å². The van der Waals surface area contributed by atoms with Gasteiger partial charge in [0.25, 0.3) is 5.91 Å². The molecule has 0 atom stereocenters. The fraction of sp³-hybridized carbons (Fsp3) is 0.200. The van der Waals surface area contributed by atoms with E-state index in [2.05, 4.69) is 16.6 Å². The molecular formula is C20H22N2O5S. The average Bonchev–Trinajstić information content (AvgIpc) is 2.68. The quantitative estimate of drug-likeness (QED) is 0.522. The van der Waals surface area contributed by atoms with Crippen molar-refractivity contribution in [3.8, 4) is 0 Å². The van der Waals surface area contributed by atoms with Gasteiger partial charge < -0.3 is 10.1 Å². The topological polar surface area (TPSA) is 102 Å². The minimum atomic E-state index is -3.77. The predicted molar refractivity (Wildman–Crippen MR) is 107 cm³/mol. The summed E-state index contributed by atoms with van der Waals surface area (Å²) >= 11 is 0. The molecule has 7 nitrogen and oxygen atoms in total. The van der Waals surface area contributed by atoms with Crippen molar-refractivity contribution in [3.63, 3.8) is 0 Å². The Balaban J connectivity index is 2.01. The molecule has 0 heterocycles. The molecule has 148 valence electrons. The third kappa shape index (κ3) is 5.51. The molecule has 0 saturated heterocycles. The van der Waals surface area contributed by atoms with E-state index in [1.54, 1.807) is 6.07 Å². The van der Waals surface area contributed by atoms with E-state index in [4.69, 9.17) is 4.74 Å². The van der Waals surface area contributed by atoms with Crippen LogP contribution in [0, 0.1) is 13.8 Å². The summed E-state index contributed by atoms with van der Waals surface area (Å²) in [4.78, 5) is 24.2. The SMILES string of the molecule is C=CCNS(=O)(=O)c1cccc(C(=O)OCC(=O)Nc2cccc(C)c2C)c1. The molecule has 0 aromatic heterocycles. The van der Waals surface area contributed by atoms with Crippen LogP contribution >= 0.6 is 0 Å². The molecule has 2 aromatic carbocycles. The summed E-state index contributed by atoms with van der Waals surface area (Å²) in [6.45, 7) is 6.83. The lowest BCUT2D eigenvalue weighted by atomic mass is 10.1. The number of amides is 1. The number of carbonyl (C=O) groups excluding carboxylic acids is 2. The molecule has 2 aromatic rings. The molecule has 0 bridgehead atoms. The molecule has 0 unspecified atom stereocenters. The second-order valence-corrected chi connectivity index (χ2v) is 7.81. The number of aryl methyl sites for hydroxylation is 1. The maximum absolute atomic E-state index is 12.2. The highest BCUT2D eigenvalue weighted by Crippen LogP contribution is 2.18. The third-order valence-electron chi connectivity index (χ3n) is 4.01. The number of sulfonamides is 1. The summed E-state index contributed by atoms with van der Waals surface area (Å²) in [6.07, 6.45) is 1.41. The van der Waals surface area contributed by atoms with Gasteiger partial charge in [0.15, 0.2) is 6.61 Å². The summed E-state index contributed by atoms with van der Waals surface area (Å²) in [5, 5.41) is 2.69. The number of rotatable bonds is 8. The predicted octanol–water partition coefficient (Wildman–Crippen LogP) is 2.56. The number of hydrogen-bond acceptors (Lipinski definition) is 5. The van der Waals surface area contributed by atoms with E-state index in [1.807, 2.05) is 26.0 Å². The molecule has 0 aliphatic carbocycles. The van der Waals surface area contributed by atoms with Gasteiger partial charge in [0.2, 0.25) is 10.0 Å². The Hall–Kier alpha value is -2.97. The van der Waals surface area contributed by atoms with Crippen LogP contribution in [0.15, 0.2) is 60.0 Å². The van der Waals surface area contributed by atoms with Crippen LogP contribution in [0.25, 0.3) is 0 Å². The van der Waals surface area contributed by atoms with E-state index in [9.17, 15) is 18.0 Å². The normalized spacial score (nSPS) is 10.9. The highest BCUT2D eigenvalue weighted by molar-refractivity contribution is 7.89. The summed E-state index contributed by atoms with van der Waals surface area (Å²) < 4.78 is 31.6. The number of hydrogen-bond donors (Lipinski definition) is 2. The van der Waals surface area contributed by atoms with Gasteiger partial charge in [-0.3, -0.25) is 4.79 Å². The molecule has 1 amide bonds. The Labute approximate surface area is 164 Å². The number of ether oxygens (including phenoxy) is 1. The molecular weight excluding hydrogens is 380 g/mol. The zero-order valence-electron chi connectivity index (χ0n) is 15.7. The first kappa shape index (κ1) is 21.3. The number of benzene rings is 2. The van der Waals surface area contributed by atoms with Crippen molar-refractivity contribution >= 4 is 27.6 Å². The zero-order chi connectivity index (χ0) is 20.7. The van der Waals surface area contributed by atoms with Gasteiger partial charge in [-0.2, -0.15) is 0 Å². The number of esters is 1. The summed E-state index contributed by atoms with van der Waals surface area (Å²) in [5.41, 5.74) is 2.62. The van der Waals surface area contributed by atoms with Gasteiger partial charge in [-0.1, -0.05) is 24.3 Å². The average molecular weight is 402 g/mol. The second kappa shape index (κ2) is 9.29. The maximum atomic E-state index is 12.2. The molecule has 0 aliphatic heterocycles. The first-order valence-corrected chi connectivity index (χ1v) is 9.96. The Morgan fingerprint density at radius 2 is 1.86 bits per heavy atom. The van der Waals surface area contributed by atoms with Gasteiger partial charge >= 0.3 is 5.97 Å². The van der Waals surface area contributed by atoms with E-state index >= 15 is 0 Å². The minimum Gasteiger partial charge on any atom is -0.452 e. The van der Waals surface area contributed by atoms with Crippen molar-refractivity contribution in [3.05, 3.63) is 71.8 Å². The monoisotopic (exact) mass is 402 g/mol. The van der Waals surface area contributed by atoms with Crippen LogP contribution in [-0.2, 0) is 19.6 Å². The smallest absolute Gasteiger partial charge is 0.338 e. The van der Waals surface area contributed by atoms with Crippen LogP contribution in [-0.4, -0.2) is 33.4 Å². The van der Waals surface area contributed by atoms with Crippen LogP contribution in [0.2, 0.25) is 0 Å². The van der Waals surface area contributed by atoms with Gasteiger partial charge in [-0.15, -0.1) is 6.58 Å². The van der Waals surface area contributed by atoms with E-state index in [0.29, 0.717) is 5.69 Å². The van der Waals surface area contributed by atoms with Crippen molar-refractivity contribution in [1.29, 1.82) is 0 Å². The van der Waals surface area contributed by atoms with E-state index < -0.39 is 28.5 Å². The number of nitrogens with one attached hydrogen (secondary N) is 2. The number of anilines is 1. The Kier molecular flexibility index (Phi) is 7.08. The molecule has 2 rings (SSSR count). The molecule has 0 radical (unpaired) electrons. The van der Waals surface area contributed by atoms with Gasteiger partial charge in [0, 0.05) is 12.2 Å². The van der Waals surface area contributed by atoms with Crippen LogP contribution in [0.1, 0.15) is 21.5 Å². The van der Waals surface area contributed by atoms with E-state index in [-0.39, 0.29) is 17.0 Å². The van der Waals surface area contributed by atoms with Crippen molar-refractivity contribution in [1.82, 2.24) is 4.72 Å². The van der Waals surface area contributed by atoms with Crippen molar-refractivity contribution in [2.45, 2.75) is 18.7 Å². The first-order chi connectivity index (χ1) is 13.2. The summed E-state index contributed by atoms with van der Waals surface area (Å²) in [6, 6.07) is 10.9. The van der Waals surface area contributed by atoms with E-state index in [0.717, 1.165) is 11.1 Å². The van der Waals surface area contributed by atoms with Crippen molar-refractivity contribution in [2.75, 3.05) is 18.5 Å². The lowest BCUT2D eigenvalue weighted by Gasteiger charge is -2.11. The molecule has 0 spiro atoms. The van der Waals surface area contributed by atoms with Crippen LogP contribution in [0.5, 0.6) is 0 Å². The Morgan fingerprint density at radius 3 is 2.57 bits per heavy atom. The van der Waals surface area contributed by atoms with Crippen LogP contribution < -0.4 is 10.0 Å². The largest absolute Gasteiger partial charge is 0.452 e. The Bertz CT molecular complexity index is 999. The third-order valence-corrected chi connectivity index (χ3v) is 5.43. The molecule has 0 saturated carbocycles. The second-order valence-electron chi connectivity index (χ2n) is 6.04. The highest BCUT2D eigenvalue weighted by atomic mass is 32.2. The standard InChI is InChI=1S/C20H22N2O5S/c1-4-11-21-28(25,26)17-9-6-8-16(12-17)20(24)27-13-19(23)22-18-10-5-7-14(2)15(18)3/h4-10,12,21H,1,11,13H2,2-3H3,(H,22,23). The summed E-state index contributed by atoms with van der Waals surface area (Å²) in [5.74, 6) is -1.28. The zero-order valence-corrected chi connectivity index (χ0v) is 16.5. The highest BCUT2D eigenvalue weighted by Gasteiger charge is 2.17. The Morgan fingerprint density at radius 1 is 1.14 bits per heavy atom. The molecule has 28 heavy (non-hydrogen) atoms. The van der Waals surface area contributed by atoms with Crippen molar-refractivity contribution < 1.29 is 22.7 Å². The lowest BCUT2D eigenvalue weighted by molar-refractivity contribution is -0.119. The van der Waals surface area contributed by atoms with Gasteiger partial charge in [0.05, 0.1) is 10.5 Å². The van der Waals surface area contributed by atoms with Crippen LogP contribution in [0.3, 0.4) is 0 Å². The van der Waals surface area contributed by atoms with E-state index in [1.165, 1.54) is 30.3 Å². The maximum Gasteiger partial charge on any atom is 0.338 e. The first-order valence-electron chi connectivity index (χ1n) is 8.48. The van der Waals surface area contributed by atoms with Crippen LogP contribution in [0.4, 0.5) is 5.69 Å². The van der Waals surface area contributed by atoms with Crippen molar-refractivity contribution in [2.24, 2.45) is 0 Å². The van der Waals surface area contributed by atoms with Gasteiger partial charge in [-0.25, -0.2) is 17.9 Å². The lowest BCUT2D eigenvalue weighted by Crippen LogP contribution is -2.24. The molecule has 8 heteroatoms. The van der Waals surface area contributed by atoms with Gasteiger partial charge in [0.1, 0.15) is 0 Å². The minimum absolute atomic E-state index is 0.0287. The molecule has 0 aliphatic rings.